The second kappa shape index (κ2) is 6.88. The molecular weight excluding hydrogens is 326 g/mol. The predicted molar refractivity (Wildman–Crippen MR) is 94.1 cm³/mol. The van der Waals surface area contributed by atoms with Crippen molar-refractivity contribution in [2.75, 3.05) is 12.3 Å². The summed E-state index contributed by atoms with van der Waals surface area (Å²) in [5, 5.41) is 4.89. The lowest BCUT2D eigenvalue weighted by molar-refractivity contribution is 0.326. The standard InChI is InChI=1S/C17H18ClN5O/c1-3-24-17-16(12-5-4-6-13(18)8-12)21-14(9-20-17)10-23-11(2)7-15(19)22-23/h4-9H,3,10H2,1-2H3,(H2,19,22). The first kappa shape index (κ1) is 16.3. The molecule has 3 aromatic rings. The Bertz CT molecular complexity index is 862. The van der Waals surface area contributed by atoms with E-state index in [2.05, 4.69) is 10.1 Å². The van der Waals surface area contributed by atoms with Gasteiger partial charge < -0.3 is 10.5 Å². The van der Waals surface area contributed by atoms with Gasteiger partial charge in [-0.1, -0.05) is 23.7 Å². The highest BCUT2D eigenvalue weighted by atomic mass is 35.5. The summed E-state index contributed by atoms with van der Waals surface area (Å²) in [7, 11) is 0. The molecule has 0 amide bonds. The van der Waals surface area contributed by atoms with Crippen molar-refractivity contribution in [1.82, 2.24) is 19.7 Å². The number of benzene rings is 1. The Labute approximate surface area is 145 Å². The van der Waals surface area contributed by atoms with E-state index in [0.717, 1.165) is 17.0 Å². The number of halogens is 1. The second-order valence-corrected chi connectivity index (χ2v) is 5.76. The van der Waals surface area contributed by atoms with Gasteiger partial charge in [0.25, 0.3) is 0 Å². The van der Waals surface area contributed by atoms with Gasteiger partial charge in [-0.05, 0) is 26.0 Å². The van der Waals surface area contributed by atoms with E-state index in [0.29, 0.717) is 35.6 Å². The van der Waals surface area contributed by atoms with Gasteiger partial charge in [-0.15, -0.1) is 0 Å². The normalized spacial score (nSPS) is 10.8. The third kappa shape index (κ3) is 3.49. The molecule has 24 heavy (non-hydrogen) atoms. The lowest BCUT2D eigenvalue weighted by Gasteiger charge is -2.11. The van der Waals surface area contributed by atoms with Crippen LogP contribution in [0.15, 0.2) is 36.5 Å². The highest BCUT2D eigenvalue weighted by Crippen LogP contribution is 2.28. The summed E-state index contributed by atoms with van der Waals surface area (Å²) in [6.07, 6.45) is 1.69. The lowest BCUT2D eigenvalue weighted by atomic mass is 10.1. The van der Waals surface area contributed by atoms with Crippen LogP contribution >= 0.6 is 11.6 Å². The average molecular weight is 344 g/mol. The third-order valence-electron chi connectivity index (χ3n) is 3.48. The molecule has 0 unspecified atom stereocenters. The first-order valence-electron chi connectivity index (χ1n) is 7.61. The number of ether oxygens (including phenoxy) is 1. The van der Waals surface area contributed by atoms with E-state index in [1.807, 2.05) is 44.2 Å². The van der Waals surface area contributed by atoms with E-state index < -0.39 is 0 Å². The van der Waals surface area contributed by atoms with Crippen LogP contribution in [0.5, 0.6) is 5.88 Å². The van der Waals surface area contributed by atoms with Crippen LogP contribution < -0.4 is 10.5 Å². The molecule has 1 aromatic carbocycles. The Kier molecular flexibility index (Phi) is 4.66. The van der Waals surface area contributed by atoms with Crippen LogP contribution in [0.3, 0.4) is 0 Å². The van der Waals surface area contributed by atoms with Crippen LogP contribution in [-0.4, -0.2) is 26.4 Å². The van der Waals surface area contributed by atoms with Crippen LogP contribution in [-0.2, 0) is 6.54 Å². The topological polar surface area (TPSA) is 78.8 Å². The van der Waals surface area contributed by atoms with Crippen molar-refractivity contribution in [3.63, 3.8) is 0 Å². The Morgan fingerprint density at radius 1 is 1.29 bits per heavy atom. The lowest BCUT2D eigenvalue weighted by Crippen LogP contribution is -2.08. The van der Waals surface area contributed by atoms with Crippen molar-refractivity contribution in [1.29, 1.82) is 0 Å². The summed E-state index contributed by atoms with van der Waals surface area (Å²) < 4.78 is 7.40. The molecule has 0 atom stereocenters. The zero-order chi connectivity index (χ0) is 17.1. The largest absolute Gasteiger partial charge is 0.476 e. The molecule has 2 heterocycles. The molecule has 0 spiro atoms. The van der Waals surface area contributed by atoms with E-state index in [-0.39, 0.29) is 0 Å². The van der Waals surface area contributed by atoms with Gasteiger partial charge >= 0.3 is 0 Å². The molecule has 0 saturated heterocycles. The molecule has 7 heteroatoms. The van der Waals surface area contributed by atoms with Crippen LogP contribution in [0, 0.1) is 6.92 Å². The maximum atomic E-state index is 6.10. The highest BCUT2D eigenvalue weighted by Gasteiger charge is 2.13. The summed E-state index contributed by atoms with van der Waals surface area (Å²) in [4.78, 5) is 9.11. The molecule has 0 aliphatic rings. The Morgan fingerprint density at radius 3 is 2.79 bits per heavy atom. The number of hydrogen-bond donors (Lipinski definition) is 1. The summed E-state index contributed by atoms with van der Waals surface area (Å²) >= 11 is 6.10. The second-order valence-electron chi connectivity index (χ2n) is 5.33. The fourth-order valence-corrected chi connectivity index (χ4v) is 2.60. The van der Waals surface area contributed by atoms with Crippen molar-refractivity contribution in [2.24, 2.45) is 0 Å². The van der Waals surface area contributed by atoms with Gasteiger partial charge in [-0.3, -0.25) is 4.68 Å². The van der Waals surface area contributed by atoms with Gasteiger partial charge in [0.05, 0.1) is 25.0 Å². The Morgan fingerprint density at radius 2 is 2.12 bits per heavy atom. The van der Waals surface area contributed by atoms with Gasteiger partial charge in [0.15, 0.2) is 0 Å². The van der Waals surface area contributed by atoms with Gasteiger partial charge in [0, 0.05) is 22.3 Å². The Hall–Kier alpha value is -2.60. The molecule has 0 saturated carbocycles. The molecule has 0 bridgehead atoms. The number of aryl methyl sites for hydroxylation is 1. The van der Waals surface area contributed by atoms with E-state index in [1.165, 1.54) is 0 Å². The smallest absolute Gasteiger partial charge is 0.240 e. The summed E-state index contributed by atoms with van der Waals surface area (Å²) in [6, 6.07) is 9.28. The minimum absolute atomic E-state index is 0.482. The zero-order valence-electron chi connectivity index (χ0n) is 13.5. The van der Waals surface area contributed by atoms with Crippen molar-refractivity contribution in [2.45, 2.75) is 20.4 Å². The average Bonchev–Trinajstić information content (AvgIpc) is 2.86. The zero-order valence-corrected chi connectivity index (χ0v) is 14.3. The minimum Gasteiger partial charge on any atom is -0.476 e. The minimum atomic E-state index is 0.482. The number of nitrogens with two attached hydrogens (primary N) is 1. The van der Waals surface area contributed by atoms with E-state index in [4.69, 9.17) is 27.1 Å². The highest BCUT2D eigenvalue weighted by molar-refractivity contribution is 6.30. The van der Waals surface area contributed by atoms with Crippen LogP contribution in [0.1, 0.15) is 18.3 Å². The number of nitrogen functional groups attached to an aromatic ring is 1. The maximum Gasteiger partial charge on any atom is 0.240 e. The van der Waals surface area contributed by atoms with Crippen molar-refractivity contribution in [3.8, 4) is 17.1 Å². The third-order valence-corrected chi connectivity index (χ3v) is 3.71. The molecule has 0 aliphatic carbocycles. The van der Waals surface area contributed by atoms with E-state index in [1.54, 1.807) is 10.9 Å². The van der Waals surface area contributed by atoms with Crippen LogP contribution in [0.2, 0.25) is 5.02 Å². The number of aromatic nitrogens is 4. The molecule has 124 valence electrons. The summed E-state index contributed by atoms with van der Waals surface area (Å²) in [5.74, 6) is 0.974. The number of nitrogens with zero attached hydrogens (tertiary/aromatic N) is 4. The van der Waals surface area contributed by atoms with Gasteiger partial charge in [-0.25, -0.2) is 9.97 Å². The van der Waals surface area contributed by atoms with E-state index >= 15 is 0 Å². The van der Waals surface area contributed by atoms with Gasteiger partial charge in [0.2, 0.25) is 5.88 Å². The summed E-state index contributed by atoms with van der Waals surface area (Å²) in [5.41, 5.74) is 8.98. The fourth-order valence-electron chi connectivity index (χ4n) is 2.41. The molecule has 0 aliphatic heterocycles. The molecule has 6 nitrogen and oxygen atoms in total. The monoisotopic (exact) mass is 343 g/mol. The predicted octanol–water partition coefficient (Wildman–Crippen LogP) is 3.33. The first-order chi connectivity index (χ1) is 11.6. The molecule has 0 fully saturated rings. The fraction of sp³-hybridized carbons (Fsp3) is 0.235. The van der Waals surface area contributed by atoms with Crippen molar-refractivity contribution in [3.05, 3.63) is 52.9 Å². The molecule has 2 aromatic heterocycles. The van der Waals surface area contributed by atoms with Gasteiger partial charge in [-0.2, -0.15) is 5.10 Å². The summed E-state index contributed by atoms with van der Waals surface area (Å²) in [6.45, 7) is 4.85. The maximum absolute atomic E-state index is 6.10. The van der Waals surface area contributed by atoms with Crippen LogP contribution in [0.25, 0.3) is 11.3 Å². The van der Waals surface area contributed by atoms with Crippen molar-refractivity contribution < 1.29 is 4.74 Å². The van der Waals surface area contributed by atoms with Crippen molar-refractivity contribution >= 4 is 17.4 Å². The van der Waals surface area contributed by atoms with E-state index in [9.17, 15) is 0 Å². The first-order valence-corrected chi connectivity index (χ1v) is 7.99. The quantitative estimate of drug-likeness (QED) is 0.768. The molecule has 3 rings (SSSR count). The van der Waals surface area contributed by atoms with Crippen LogP contribution in [0.4, 0.5) is 5.82 Å². The molecule has 0 radical (unpaired) electrons. The number of hydrogen-bond acceptors (Lipinski definition) is 5. The van der Waals surface area contributed by atoms with Gasteiger partial charge in [0.1, 0.15) is 11.5 Å². The number of rotatable bonds is 5. The molecule has 2 N–H and O–H groups in total. The number of anilines is 1. The molecular formula is C17H18ClN5O. The Balaban J connectivity index is 2.00. The SMILES string of the molecule is CCOc1ncc(Cn2nc(N)cc2C)nc1-c1cccc(Cl)c1.